The third-order valence-electron chi connectivity index (χ3n) is 5.56. The third-order valence-corrected chi connectivity index (χ3v) is 5.89. The van der Waals surface area contributed by atoms with Crippen molar-refractivity contribution in [1.82, 2.24) is 25.5 Å². The van der Waals surface area contributed by atoms with Crippen LogP contribution in [-0.2, 0) is 11.3 Å². The van der Waals surface area contributed by atoms with E-state index in [0.29, 0.717) is 35.3 Å². The predicted octanol–water partition coefficient (Wildman–Crippen LogP) is 3.92. The van der Waals surface area contributed by atoms with Gasteiger partial charge in [-0.2, -0.15) is 4.98 Å². The van der Waals surface area contributed by atoms with E-state index in [4.69, 9.17) is 20.9 Å². The molecule has 1 amide bonds. The summed E-state index contributed by atoms with van der Waals surface area (Å²) in [5, 5.41) is 6.42. The number of carbonyl (C=O) groups is 1. The molecule has 0 spiro atoms. The van der Waals surface area contributed by atoms with Crippen LogP contribution in [-0.4, -0.2) is 38.6 Å². The molecule has 2 atom stereocenters. The van der Waals surface area contributed by atoms with Crippen molar-refractivity contribution >= 4 is 17.5 Å². The predicted molar refractivity (Wildman–Crippen MR) is 118 cm³/mol. The number of hydrogen-bond donors (Lipinski definition) is 1. The van der Waals surface area contributed by atoms with Gasteiger partial charge in [-0.15, -0.1) is 0 Å². The molecule has 2 unspecified atom stereocenters. The van der Waals surface area contributed by atoms with E-state index < -0.39 is 0 Å². The summed E-state index contributed by atoms with van der Waals surface area (Å²) in [5.41, 5.74) is 5.20. The van der Waals surface area contributed by atoms with Crippen molar-refractivity contribution in [3.8, 4) is 17.1 Å². The van der Waals surface area contributed by atoms with E-state index >= 15 is 0 Å². The van der Waals surface area contributed by atoms with Crippen LogP contribution >= 0.6 is 11.6 Å². The number of carbonyl (C=O) groups excluding carboxylic acids is 1. The number of nitrogens with zero attached hydrogens (tertiary/aromatic N) is 4. The minimum atomic E-state index is -0.303. The van der Waals surface area contributed by atoms with Gasteiger partial charge >= 0.3 is 0 Å². The topological polar surface area (TPSA) is 83.7 Å². The summed E-state index contributed by atoms with van der Waals surface area (Å²) in [7, 11) is 0. The molecule has 2 aliphatic rings. The van der Waals surface area contributed by atoms with Crippen LogP contribution in [0.5, 0.6) is 5.75 Å². The summed E-state index contributed by atoms with van der Waals surface area (Å²) in [6.07, 6.45) is 4.25. The first-order valence-corrected chi connectivity index (χ1v) is 10.8. The fourth-order valence-electron chi connectivity index (χ4n) is 3.96. The molecule has 1 N–H and O–H groups in total. The van der Waals surface area contributed by atoms with E-state index in [9.17, 15) is 4.79 Å². The zero-order valence-corrected chi connectivity index (χ0v) is 18.2. The maximum Gasteiger partial charge on any atom is 0.251 e. The van der Waals surface area contributed by atoms with Gasteiger partial charge in [-0.05, 0) is 43.2 Å². The van der Waals surface area contributed by atoms with E-state index in [1.807, 2.05) is 60.6 Å². The van der Waals surface area contributed by atoms with Crippen LogP contribution < -0.4 is 10.2 Å². The highest BCUT2D eigenvalue weighted by molar-refractivity contribution is 6.33. The number of nitrogens with one attached hydrogen (secondary N) is 1. The number of halogens is 1. The van der Waals surface area contributed by atoms with Gasteiger partial charge in [0, 0.05) is 18.0 Å². The van der Waals surface area contributed by atoms with Crippen molar-refractivity contribution in [3.63, 3.8) is 0 Å². The molecule has 1 aromatic heterocycles. The lowest BCUT2D eigenvalue weighted by Gasteiger charge is -2.30. The third kappa shape index (κ3) is 3.94. The van der Waals surface area contributed by atoms with Crippen molar-refractivity contribution < 1.29 is 14.1 Å². The molecule has 0 bridgehead atoms. The minimum absolute atomic E-state index is 0.0223. The summed E-state index contributed by atoms with van der Waals surface area (Å²) >= 11 is 6.22. The summed E-state index contributed by atoms with van der Waals surface area (Å²) < 4.78 is 10.9. The Balaban J connectivity index is 1.26. The van der Waals surface area contributed by atoms with Crippen LogP contribution in [0, 0.1) is 0 Å². The van der Waals surface area contributed by atoms with Crippen molar-refractivity contribution in [2.24, 2.45) is 0 Å². The Hall–Kier alpha value is -3.36. The molecule has 5 rings (SSSR count). The summed E-state index contributed by atoms with van der Waals surface area (Å²) in [6.45, 7) is 2.79. The molecule has 0 radical (unpaired) electrons. The number of fused-ring (bicyclic) bond motifs is 1. The number of benzene rings is 2. The fourth-order valence-corrected chi connectivity index (χ4v) is 4.18. The van der Waals surface area contributed by atoms with Gasteiger partial charge in [0.1, 0.15) is 18.3 Å². The first-order chi connectivity index (χ1) is 15.6. The van der Waals surface area contributed by atoms with Crippen LogP contribution in [0.2, 0.25) is 5.02 Å². The minimum Gasteiger partial charge on any atom is -0.494 e. The molecule has 9 heteroatoms. The fraction of sp³-hybridized carbons (Fsp3) is 0.261. The first-order valence-electron chi connectivity index (χ1n) is 10.5. The molecule has 3 heterocycles. The molecule has 0 aliphatic carbocycles. The highest BCUT2D eigenvalue weighted by Gasteiger charge is 2.40. The molecule has 8 nitrogen and oxygen atoms in total. The van der Waals surface area contributed by atoms with Gasteiger partial charge in [0.05, 0.1) is 17.7 Å². The molecular weight excluding hydrogens is 430 g/mol. The lowest BCUT2D eigenvalue weighted by atomic mass is 10.0. The van der Waals surface area contributed by atoms with Crippen LogP contribution in [0.4, 0.5) is 0 Å². The van der Waals surface area contributed by atoms with E-state index in [2.05, 4.69) is 15.6 Å². The number of hydrazine groups is 1. The van der Waals surface area contributed by atoms with Gasteiger partial charge in [0.25, 0.3) is 5.91 Å². The second-order valence-corrected chi connectivity index (χ2v) is 8.01. The number of hydrogen-bond acceptors (Lipinski definition) is 7. The lowest BCUT2D eigenvalue weighted by Crippen LogP contribution is -2.47. The van der Waals surface area contributed by atoms with Crippen LogP contribution in [0.15, 0.2) is 65.5 Å². The first kappa shape index (κ1) is 20.5. The van der Waals surface area contributed by atoms with E-state index in [1.54, 1.807) is 17.2 Å². The molecule has 32 heavy (non-hydrogen) atoms. The Morgan fingerprint density at radius 2 is 2.00 bits per heavy atom. The Bertz CT molecular complexity index is 1150. The number of ether oxygens (including phenoxy) is 1. The summed E-state index contributed by atoms with van der Waals surface area (Å²) in [6, 6.07) is 15.0. The van der Waals surface area contributed by atoms with Crippen molar-refractivity contribution in [2.75, 3.05) is 6.61 Å². The normalized spacial score (nSPS) is 20.0. The molecule has 164 valence electrons. The average molecular weight is 452 g/mol. The second-order valence-electron chi connectivity index (χ2n) is 7.60. The highest BCUT2D eigenvalue weighted by atomic mass is 35.5. The Morgan fingerprint density at radius 3 is 2.78 bits per heavy atom. The van der Waals surface area contributed by atoms with Gasteiger partial charge in [-0.25, -0.2) is 5.43 Å². The monoisotopic (exact) mass is 451 g/mol. The molecular formula is C23H22ClN5O3. The van der Waals surface area contributed by atoms with Gasteiger partial charge < -0.3 is 19.2 Å². The Kier molecular flexibility index (Phi) is 5.55. The second kappa shape index (κ2) is 8.64. The van der Waals surface area contributed by atoms with Gasteiger partial charge in [0.15, 0.2) is 0 Å². The standard InChI is InChI=1S/C23H22ClN5O3/c1-2-31-16-9-7-15(8-10-16)19-13-20-23(30)28(11-12-29(20)26-19)14-21-25-22(27-32-21)17-5-3-4-6-18(17)24/h3-12,19-20,26H,2,13-14H2,1H3. The van der Waals surface area contributed by atoms with E-state index in [-0.39, 0.29) is 24.5 Å². The maximum absolute atomic E-state index is 13.1. The summed E-state index contributed by atoms with van der Waals surface area (Å²) in [4.78, 5) is 19.1. The van der Waals surface area contributed by atoms with Crippen LogP contribution in [0.1, 0.15) is 30.8 Å². The number of rotatable bonds is 6. The van der Waals surface area contributed by atoms with Gasteiger partial charge in [-0.1, -0.05) is 41.0 Å². The zero-order chi connectivity index (χ0) is 22.1. The van der Waals surface area contributed by atoms with E-state index in [0.717, 1.165) is 11.3 Å². The molecule has 2 aliphatic heterocycles. The van der Waals surface area contributed by atoms with Crippen LogP contribution in [0.3, 0.4) is 0 Å². The smallest absolute Gasteiger partial charge is 0.251 e. The molecule has 1 fully saturated rings. The molecule has 1 saturated heterocycles. The van der Waals surface area contributed by atoms with Crippen LogP contribution in [0.25, 0.3) is 11.4 Å². The number of aromatic nitrogens is 2. The molecule has 2 aromatic carbocycles. The maximum atomic E-state index is 13.1. The largest absolute Gasteiger partial charge is 0.494 e. The Labute approximate surface area is 190 Å². The quantitative estimate of drug-likeness (QED) is 0.608. The Morgan fingerprint density at radius 1 is 1.19 bits per heavy atom. The highest BCUT2D eigenvalue weighted by Crippen LogP contribution is 2.32. The molecule has 0 saturated carbocycles. The van der Waals surface area contributed by atoms with Gasteiger partial charge in [0.2, 0.25) is 11.7 Å². The lowest BCUT2D eigenvalue weighted by molar-refractivity contribution is -0.135. The SMILES string of the molecule is CCOc1ccc(C2CC3C(=O)N(Cc4nc(-c5ccccc5Cl)no4)C=CN3N2)cc1. The number of amides is 1. The summed E-state index contributed by atoms with van der Waals surface area (Å²) in [5.74, 6) is 1.56. The van der Waals surface area contributed by atoms with E-state index in [1.165, 1.54) is 0 Å². The van der Waals surface area contributed by atoms with Gasteiger partial charge in [-0.3, -0.25) is 4.79 Å². The van der Waals surface area contributed by atoms with Crippen molar-refractivity contribution in [2.45, 2.75) is 32.0 Å². The van der Waals surface area contributed by atoms with Crippen molar-refractivity contribution in [3.05, 3.63) is 77.4 Å². The zero-order valence-electron chi connectivity index (χ0n) is 17.4. The van der Waals surface area contributed by atoms with Crippen molar-refractivity contribution in [1.29, 1.82) is 0 Å². The average Bonchev–Trinajstić information content (AvgIpc) is 3.45. The molecule has 3 aromatic rings.